The molecule has 1 saturated heterocycles. The average Bonchev–Trinajstić information content (AvgIpc) is 2.69. The van der Waals surface area contributed by atoms with E-state index in [1.165, 1.54) is 24.4 Å². The van der Waals surface area contributed by atoms with Gasteiger partial charge in [0, 0.05) is 39.2 Å². The molecule has 2 rings (SSSR count). The number of methoxy groups -OCH3 is 1. The highest BCUT2D eigenvalue weighted by atomic mass is 16.5. The minimum absolute atomic E-state index is 0.0910. The predicted octanol–water partition coefficient (Wildman–Crippen LogP) is -1.21. The van der Waals surface area contributed by atoms with Gasteiger partial charge in [-0.15, -0.1) is 0 Å². The molecule has 0 aromatic carbocycles. The lowest BCUT2D eigenvalue weighted by Crippen LogP contribution is -2.51. The van der Waals surface area contributed by atoms with Gasteiger partial charge in [-0.2, -0.15) is 0 Å². The normalized spacial score (nSPS) is 31.4. The van der Waals surface area contributed by atoms with Gasteiger partial charge in [-0.3, -0.25) is 9.78 Å². The van der Waals surface area contributed by atoms with Crippen molar-refractivity contribution in [2.45, 2.75) is 43.4 Å². The highest BCUT2D eigenvalue weighted by molar-refractivity contribution is 5.93. The Hall–Kier alpha value is -1.62. The van der Waals surface area contributed by atoms with Gasteiger partial charge in [0.05, 0.1) is 24.4 Å². The number of rotatable bonds is 2. The second kappa shape index (κ2) is 10.6. The first kappa shape index (κ1) is 21.7. The maximum absolute atomic E-state index is 12.9. The monoisotopic (exact) mass is 384 g/mol. The summed E-state index contributed by atoms with van der Waals surface area (Å²) in [5, 5.41) is 40.9. The molecule has 5 atom stereocenters. The number of ether oxygens (including phenoxy) is 2. The van der Waals surface area contributed by atoms with E-state index in [1.54, 1.807) is 12.1 Å². The van der Waals surface area contributed by atoms with Gasteiger partial charge in [0.2, 0.25) is 0 Å². The molecule has 0 spiro atoms. The molecule has 1 aliphatic heterocycles. The predicted molar refractivity (Wildman–Crippen MR) is 95.0 cm³/mol. The summed E-state index contributed by atoms with van der Waals surface area (Å²) in [5.74, 6) is -0.427. The van der Waals surface area contributed by atoms with Crippen molar-refractivity contribution in [2.75, 3.05) is 33.4 Å². The van der Waals surface area contributed by atoms with Crippen LogP contribution in [-0.2, 0) is 9.47 Å². The van der Waals surface area contributed by atoms with E-state index < -0.39 is 36.4 Å². The van der Waals surface area contributed by atoms with Crippen molar-refractivity contribution < 1.29 is 34.7 Å². The number of carbonyl (C=O) groups is 1. The van der Waals surface area contributed by atoms with Crippen LogP contribution in [0.3, 0.4) is 0 Å². The molecule has 1 aromatic heterocycles. The number of aliphatic hydroxyl groups excluding tert-OH is 4. The molecule has 152 valence electrons. The molecule has 0 aliphatic carbocycles. The Labute approximate surface area is 158 Å². The molecule has 27 heavy (non-hydrogen) atoms. The summed E-state index contributed by atoms with van der Waals surface area (Å²) in [7, 11) is 1.36. The van der Waals surface area contributed by atoms with Gasteiger partial charge in [-0.25, -0.2) is 0 Å². The van der Waals surface area contributed by atoms with Gasteiger partial charge in [0.25, 0.3) is 5.91 Å². The first-order chi connectivity index (χ1) is 12.9. The molecule has 1 aromatic rings. The SMILES string of the molecule is CO[C@@H]1CN(C(=O)c2cccnc2)C[C@@H](O)[C@H](O)CCCOC[C@@H](O)[C@H]1O. The molecular weight excluding hydrogens is 356 g/mol. The summed E-state index contributed by atoms with van der Waals surface area (Å²) in [6.45, 7) is -0.0789. The van der Waals surface area contributed by atoms with Crippen LogP contribution >= 0.6 is 0 Å². The maximum atomic E-state index is 12.9. The molecule has 4 N–H and O–H groups in total. The van der Waals surface area contributed by atoms with Crippen molar-refractivity contribution >= 4 is 5.91 Å². The highest BCUT2D eigenvalue weighted by Crippen LogP contribution is 2.14. The van der Waals surface area contributed by atoms with Gasteiger partial charge in [0.1, 0.15) is 18.3 Å². The van der Waals surface area contributed by atoms with Crippen molar-refractivity contribution in [3.63, 3.8) is 0 Å². The molecule has 1 amide bonds. The fourth-order valence-electron chi connectivity index (χ4n) is 2.94. The second-order valence-corrected chi connectivity index (χ2v) is 6.64. The zero-order valence-electron chi connectivity index (χ0n) is 15.3. The summed E-state index contributed by atoms with van der Waals surface area (Å²) in [6.07, 6.45) is -1.92. The number of aromatic nitrogens is 1. The summed E-state index contributed by atoms with van der Waals surface area (Å²) >= 11 is 0. The van der Waals surface area contributed by atoms with Crippen LogP contribution in [0.5, 0.6) is 0 Å². The van der Waals surface area contributed by atoms with Crippen LogP contribution in [0.15, 0.2) is 24.5 Å². The number of pyridine rings is 1. The molecule has 1 aliphatic rings. The minimum atomic E-state index is -1.29. The van der Waals surface area contributed by atoms with Crippen molar-refractivity contribution in [1.29, 1.82) is 0 Å². The Morgan fingerprint density at radius 2 is 2.00 bits per heavy atom. The zero-order chi connectivity index (χ0) is 19.8. The summed E-state index contributed by atoms with van der Waals surface area (Å²) in [5.41, 5.74) is 0.303. The first-order valence-corrected chi connectivity index (χ1v) is 8.96. The van der Waals surface area contributed by atoms with Crippen LogP contribution in [-0.4, -0.2) is 100 Å². The fraction of sp³-hybridized carbons (Fsp3) is 0.667. The molecule has 9 heteroatoms. The molecule has 0 bridgehead atoms. The smallest absolute Gasteiger partial charge is 0.255 e. The minimum Gasteiger partial charge on any atom is -0.390 e. The Morgan fingerprint density at radius 3 is 2.67 bits per heavy atom. The number of nitrogens with zero attached hydrogens (tertiary/aromatic N) is 2. The van der Waals surface area contributed by atoms with Crippen LogP contribution < -0.4 is 0 Å². The van der Waals surface area contributed by atoms with Crippen LogP contribution in [0.4, 0.5) is 0 Å². The van der Waals surface area contributed by atoms with E-state index in [2.05, 4.69) is 4.98 Å². The average molecular weight is 384 g/mol. The van der Waals surface area contributed by atoms with E-state index in [1.807, 2.05) is 0 Å². The Kier molecular flexibility index (Phi) is 8.55. The van der Waals surface area contributed by atoms with E-state index in [0.717, 1.165) is 0 Å². The number of hydrogen-bond acceptors (Lipinski definition) is 8. The maximum Gasteiger partial charge on any atom is 0.255 e. The lowest BCUT2D eigenvalue weighted by Gasteiger charge is -2.33. The second-order valence-electron chi connectivity index (χ2n) is 6.64. The van der Waals surface area contributed by atoms with Crippen LogP contribution in [0.1, 0.15) is 23.2 Å². The van der Waals surface area contributed by atoms with Crippen LogP contribution in [0, 0.1) is 0 Å². The lowest BCUT2D eigenvalue weighted by molar-refractivity contribution is -0.105. The zero-order valence-corrected chi connectivity index (χ0v) is 15.3. The quantitative estimate of drug-likeness (QED) is 0.499. The number of carbonyl (C=O) groups excluding carboxylic acids is 1. The summed E-state index contributed by atoms with van der Waals surface area (Å²) < 4.78 is 10.6. The van der Waals surface area contributed by atoms with Crippen molar-refractivity contribution in [1.82, 2.24) is 9.88 Å². The third kappa shape index (κ3) is 6.20. The topological polar surface area (TPSA) is 133 Å². The van der Waals surface area contributed by atoms with Crippen molar-refractivity contribution in [3.05, 3.63) is 30.1 Å². The third-order valence-corrected chi connectivity index (χ3v) is 4.60. The van der Waals surface area contributed by atoms with Crippen LogP contribution in [0.25, 0.3) is 0 Å². The molecule has 1 fully saturated rings. The Bertz CT molecular complexity index is 574. The number of aliphatic hydroxyl groups is 4. The molecule has 2 heterocycles. The largest absolute Gasteiger partial charge is 0.390 e. The number of β-amino-alcohol motifs (C(OH)–C–C–N with tert-alkyl or cyclic N) is 1. The Morgan fingerprint density at radius 1 is 1.22 bits per heavy atom. The van der Waals surface area contributed by atoms with Gasteiger partial charge in [-0.1, -0.05) is 0 Å². The molecule has 9 nitrogen and oxygen atoms in total. The first-order valence-electron chi connectivity index (χ1n) is 8.96. The van der Waals surface area contributed by atoms with Crippen molar-refractivity contribution in [2.24, 2.45) is 0 Å². The third-order valence-electron chi connectivity index (χ3n) is 4.60. The molecule has 0 radical (unpaired) electrons. The van der Waals surface area contributed by atoms with E-state index in [-0.39, 0.29) is 32.7 Å². The van der Waals surface area contributed by atoms with E-state index in [4.69, 9.17) is 9.47 Å². The highest BCUT2D eigenvalue weighted by Gasteiger charge is 2.32. The van der Waals surface area contributed by atoms with E-state index in [9.17, 15) is 25.2 Å². The number of amides is 1. The summed E-state index contributed by atoms with van der Waals surface area (Å²) in [6, 6.07) is 3.20. The van der Waals surface area contributed by atoms with Crippen LogP contribution in [0.2, 0.25) is 0 Å². The molecular formula is C18H28N2O7. The van der Waals surface area contributed by atoms with Gasteiger partial charge in [-0.05, 0) is 25.0 Å². The molecule has 0 unspecified atom stereocenters. The summed E-state index contributed by atoms with van der Waals surface area (Å²) in [4.78, 5) is 18.1. The number of hydrogen-bond donors (Lipinski definition) is 4. The van der Waals surface area contributed by atoms with Crippen molar-refractivity contribution in [3.8, 4) is 0 Å². The fourth-order valence-corrected chi connectivity index (χ4v) is 2.94. The Balaban J connectivity index is 2.25. The van der Waals surface area contributed by atoms with E-state index in [0.29, 0.717) is 12.0 Å². The van der Waals surface area contributed by atoms with E-state index >= 15 is 0 Å². The lowest BCUT2D eigenvalue weighted by atomic mass is 10.1. The van der Waals surface area contributed by atoms with Gasteiger partial charge < -0.3 is 34.8 Å². The molecule has 0 saturated carbocycles. The van der Waals surface area contributed by atoms with Gasteiger partial charge in [0.15, 0.2) is 0 Å². The standard InChI is InChI=1S/C18H28N2O7/c1-26-16-10-20(18(25)12-4-2-6-19-8-12)9-14(22)13(21)5-3-7-27-11-15(23)17(16)24/h2,4,6,8,13-17,21-24H,3,5,7,9-11H2,1H3/t13-,14-,15-,16-,17-/m1/s1. The van der Waals surface area contributed by atoms with Gasteiger partial charge >= 0.3 is 0 Å².